The fourth-order valence-electron chi connectivity index (χ4n) is 3.26. The van der Waals surface area contributed by atoms with E-state index in [9.17, 15) is 5.11 Å². The molecule has 1 atom stereocenters. The zero-order valence-corrected chi connectivity index (χ0v) is 12.0. The van der Waals surface area contributed by atoms with Gasteiger partial charge in [0.25, 0.3) is 0 Å². The highest BCUT2D eigenvalue weighted by atomic mass is 16.5. The van der Waals surface area contributed by atoms with E-state index >= 15 is 0 Å². The summed E-state index contributed by atoms with van der Waals surface area (Å²) >= 11 is 0. The Kier molecular flexibility index (Phi) is 4.68. The van der Waals surface area contributed by atoms with E-state index < -0.39 is 0 Å². The van der Waals surface area contributed by atoms with Crippen molar-refractivity contribution in [3.05, 3.63) is 0 Å². The Morgan fingerprint density at radius 2 is 2.06 bits per heavy atom. The zero-order chi connectivity index (χ0) is 13.1. The van der Waals surface area contributed by atoms with Crippen molar-refractivity contribution in [1.29, 1.82) is 0 Å². The molecule has 1 saturated heterocycles. The molecule has 0 radical (unpaired) electrons. The van der Waals surface area contributed by atoms with E-state index in [4.69, 9.17) is 4.74 Å². The van der Waals surface area contributed by atoms with Gasteiger partial charge in [0.2, 0.25) is 0 Å². The molecule has 1 spiro atoms. The SMILES string of the molecule is CCC(CC)(CO)CNC1CCOC2(CCC2)C1. The topological polar surface area (TPSA) is 41.5 Å². The third kappa shape index (κ3) is 2.89. The van der Waals surface area contributed by atoms with Gasteiger partial charge in [-0.3, -0.25) is 0 Å². The second kappa shape index (κ2) is 5.89. The molecule has 1 heterocycles. The van der Waals surface area contributed by atoms with Gasteiger partial charge in [0, 0.05) is 31.2 Å². The van der Waals surface area contributed by atoms with E-state index in [1.54, 1.807) is 0 Å². The third-order valence-electron chi connectivity index (χ3n) is 5.36. The molecule has 2 N–H and O–H groups in total. The van der Waals surface area contributed by atoms with Crippen molar-refractivity contribution in [3.8, 4) is 0 Å². The summed E-state index contributed by atoms with van der Waals surface area (Å²) in [5, 5.41) is 13.3. The van der Waals surface area contributed by atoms with E-state index in [2.05, 4.69) is 19.2 Å². The molecule has 2 rings (SSSR count). The highest BCUT2D eigenvalue weighted by Crippen LogP contribution is 2.42. The second-order valence-corrected chi connectivity index (χ2v) is 6.32. The summed E-state index contributed by atoms with van der Waals surface area (Å²) in [4.78, 5) is 0. The Hall–Kier alpha value is -0.120. The van der Waals surface area contributed by atoms with Gasteiger partial charge in [-0.05, 0) is 44.9 Å². The highest BCUT2D eigenvalue weighted by molar-refractivity contribution is 4.96. The first-order valence-corrected chi connectivity index (χ1v) is 7.66. The van der Waals surface area contributed by atoms with Crippen LogP contribution < -0.4 is 5.32 Å². The van der Waals surface area contributed by atoms with Crippen LogP contribution in [0.1, 0.15) is 58.8 Å². The van der Waals surface area contributed by atoms with Crippen molar-refractivity contribution >= 4 is 0 Å². The molecule has 18 heavy (non-hydrogen) atoms. The molecule has 2 fully saturated rings. The maximum Gasteiger partial charge on any atom is 0.0697 e. The number of aliphatic hydroxyl groups excluding tert-OH is 1. The number of nitrogens with one attached hydrogen (secondary N) is 1. The number of aliphatic hydroxyl groups is 1. The molecule has 1 unspecified atom stereocenters. The summed E-state index contributed by atoms with van der Waals surface area (Å²) < 4.78 is 5.95. The van der Waals surface area contributed by atoms with E-state index in [0.29, 0.717) is 12.6 Å². The summed E-state index contributed by atoms with van der Waals surface area (Å²) in [7, 11) is 0. The van der Waals surface area contributed by atoms with Gasteiger partial charge < -0.3 is 15.2 Å². The quantitative estimate of drug-likeness (QED) is 0.766. The Morgan fingerprint density at radius 3 is 2.56 bits per heavy atom. The van der Waals surface area contributed by atoms with Crippen LogP contribution in [0.4, 0.5) is 0 Å². The van der Waals surface area contributed by atoms with E-state index in [-0.39, 0.29) is 11.0 Å². The van der Waals surface area contributed by atoms with Gasteiger partial charge in [0.05, 0.1) is 5.60 Å². The van der Waals surface area contributed by atoms with Crippen molar-refractivity contribution < 1.29 is 9.84 Å². The minimum Gasteiger partial charge on any atom is -0.396 e. The van der Waals surface area contributed by atoms with Crippen LogP contribution in [0.3, 0.4) is 0 Å². The van der Waals surface area contributed by atoms with Gasteiger partial charge in [0.15, 0.2) is 0 Å². The standard InChI is InChI=1S/C15H29NO2/c1-3-14(4-2,12-17)11-16-13-6-9-18-15(10-13)7-5-8-15/h13,16-17H,3-12H2,1-2H3. The summed E-state index contributed by atoms with van der Waals surface area (Å²) in [6, 6.07) is 0.586. The lowest BCUT2D eigenvalue weighted by Crippen LogP contribution is -2.52. The van der Waals surface area contributed by atoms with Crippen molar-refractivity contribution in [1.82, 2.24) is 5.32 Å². The van der Waals surface area contributed by atoms with Gasteiger partial charge in [-0.1, -0.05) is 13.8 Å². The molecule has 3 nitrogen and oxygen atoms in total. The van der Waals surface area contributed by atoms with Gasteiger partial charge >= 0.3 is 0 Å². The zero-order valence-electron chi connectivity index (χ0n) is 12.0. The second-order valence-electron chi connectivity index (χ2n) is 6.32. The summed E-state index contributed by atoms with van der Waals surface area (Å²) in [6.07, 6.45) is 8.20. The Labute approximate surface area is 111 Å². The summed E-state index contributed by atoms with van der Waals surface area (Å²) in [5.41, 5.74) is 0.293. The number of rotatable bonds is 6. The predicted octanol–water partition coefficient (Wildman–Crippen LogP) is 2.48. The molecule has 106 valence electrons. The lowest BCUT2D eigenvalue weighted by molar-refractivity contribution is -0.136. The minimum absolute atomic E-state index is 0.0745. The first-order chi connectivity index (χ1) is 8.67. The number of hydrogen-bond donors (Lipinski definition) is 2. The van der Waals surface area contributed by atoms with E-state index in [1.807, 2.05) is 0 Å². The Bertz CT molecular complexity index is 251. The van der Waals surface area contributed by atoms with Gasteiger partial charge in [-0.25, -0.2) is 0 Å². The normalized spacial score (nSPS) is 27.2. The fraction of sp³-hybridized carbons (Fsp3) is 1.00. The van der Waals surface area contributed by atoms with Crippen LogP contribution in [-0.2, 0) is 4.74 Å². The molecular weight excluding hydrogens is 226 g/mol. The van der Waals surface area contributed by atoms with E-state index in [1.165, 1.54) is 25.7 Å². The van der Waals surface area contributed by atoms with Gasteiger partial charge in [0.1, 0.15) is 0 Å². The van der Waals surface area contributed by atoms with Crippen LogP contribution >= 0.6 is 0 Å². The van der Waals surface area contributed by atoms with Crippen molar-refractivity contribution in [2.24, 2.45) is 5.41 Å². The molecule has 1 saturated carbocycles. The van der Waals surface area contributed by atoms with Crippen LogP contribution in [0.15, 0.2) is 0 Å². The number of hydrogen-bond acceptors (Lipinski definition) is 3. The Morgan fingerprint density at radius 1 is 1.33 bits per heavy atom. The Balaban J connectivity index is 1.82. The van der Waals surface area contributed by atoms with Crippen molar-refractivity contribution in [2.75, 3.05) is 19.8 Å². The first kappa shape index (κ1) is 14.3. The van der Waals surface area contributed by atoms with Gasteiger partial charge in [-0.15, -0.1) is 0 Å². The molecular formula is C15H29NO2. The monoisotopic (exact) mass is 255 g/mol. The maximum absolute atomic E-state index is 9.60. The van der Waals surface area contributed by atoms with E-state index in [0.717, 1.165) is 32.4 Å². The molecule has 0 bridgehead atoms. The lowest BCUT2D eigenvalue weighted by atomic mass is 9.73. The smallest absolute Gasteiger partial charge is 0.0697 e. The number of ether oxygens (including phenoxy) is 1. The van der Waals surface area contributed by atoms with Crippen LogP contribution in [0.25, 0.3) is 0 Å². The van der Waals surface area contributed by atoms with Crippen molar-refractivity contribution in [3.63, 3.8) is 0 Å². The molecule has 0 aromatic heterocycles. The highest BCUT2D eigenvalue weighted by Gasteiger charge is 2.42. The molecule has 3 heteroatoms. The fourth-order valence-corrected chi connectivity index (χ4v) is 3.26. The lowest BCUT2D eigenvalue weighted by Gasteiger charge is -2.48. The third-order valence-corrected chi connectivity index (χ3v) is 5.36. The molecule has 0 aromatic rings. The van der Waals surface area contributed by atoms with Crippen LogP contribution in [0.2, 0.25) is 0 Å². The maximum atomic E-state index is 9.60. The van der Waals surface area contributed by atoms with Crippen LogP contribution in [-0.4, -0.2) is 36.5 Å². The molecule has 1 aliphatic carbocycles. The molecule has 2 aliphatic rings. The summed E-state index contributed by atoms with van der Waals surface area (Å²) in [6.45, 7) is 6.50. The average molecular weight is 255 g/mol. The largest absolute Gasteiger partial charge is 0.396 e. The van der Waals surface area contributed by atoms with Crippen molar-refractivity contribution in [2.45, 2.75) is 70.4 Å². The predicted molar refractivity (Wildman–Crippen MR) is 73.7 cm³/mol. The first-order valence-electron chi connectivity index (χ1n) is 7.66. The molecule has 0 amide bonds. The average Bonchev–Trinajstić information content (AvgIpc) is 2.40. The minimum atomic E-state index is 0.0745. The summed E-state index contributed by atoms with van der Waals surface area (Å²) in [5.74, 6) is 0. The molecule has 1 aliphatic heterocycles. The van der Waals surface area contributed by atoms with Gasteiger partial charge in [-0.2, -0.15) is 0 Å². The molecule has 0 aromatic carbocycles. The van der Waals surface area contributed by atoms with Crippen LogP contribution in [0, 0.1) is 5.41 Å². The van der Waals surface area contributed by atoms with Crippen LogP contribution in [0.5, 0.6) is 0 Å².